The van der Waals surface area contributed by atoms with Crippen molar-refractivity contribution in [3.8, 4) is 0 Å². The van der Waals surface area contributed by atoms with E-state index in [-0.39, 0.29) is 12.4 Å². The largest absolute Gasteiger partial charge is 0.392 e. The molecule has 0 spiro atoms. The topological polar surface area (TPSA) is 57.5 Å². The molecular formula is C30H35N3O2. The fourth-order valence-corrected chi connectivity index (χ4v) is 5.59. The van der Waals surface area contributed by atoms with Crippen LogP contribution in [0.25, 0.3) is 21.8 Å². The molecule has 1 aromatic heterocycles. The minimum absolute atomic E-state index is 0.0438. The third-order valence-electron chi connectivity index (χ3n) is 7.42. The average Bonchev–Trinajstić information content (AvgIpc) is 3.19. The van der Waals surface area contributed by atoms with E-state index in [2.05, 4.69) is 77.2 Å². The minimum atomic E-state index is 0.0438. The lowest BCUT2D eigenvalue weighted by Gasteiger charge is -2.33. The van der Waals surface area contributed by atoms with Gasteiger partial charge in [-0.1, -0.05) is 42.5 Å². The fraction of sp³-hybridized carbons (Fsp3) is 0.367. The molecule has 1 saturated heterocycles. The quantitative estimate of drug-likeness (QED) is 0.368. The Bertz CT molecular complexity index is 1350. The molecule has 0 bridgehead atoms. The summed E-state index contributed by atoms with van der Waals surface area (Å²) in [5, 5.41) is 15.8. The number of fused-ring (bicyclic) bond motifs is 3. The number of likely N-dealkylation sites (tertiary alicyclic amines) is 1. The highest BCUT2D eigenvalue weighted by Gasteiger charge is 2.22. The van der Waals surface area contributed by atoms with Crippen molar-refractivity contribution in [2.24, 2.45) is 0 Å². The summed E-state index contributed by atoms with van der Waals surface area (Å²) in [5.41, 5.74) is 6.74. The van der Waals surface area contributed by atoms with Gasteiger partial charge in [0.25, 0.3) is 0 Å². The van der Waals surface area contributed by atoms with Gasteiger partial charge in [0.2, 0.25) is 0 Å². The molecule has 182 valence electrons. The van der Waals surface area contributed by atoms with Gasteiger partial charge in [0.15, 0.2) is 5.78 Å². The predicted molar refractivity (Wildman–Crippen MR) is 144 cm³/mol. The van der Waals surface area contributed by atoms with Gasteiger partial charge in [-0.25, -0.2) is 0 Å². The van der Waals surface area contributed by atoms with Crippen LogP contribution in [-0.2, 0) is 24.4 Å². The SMILES string of the molecule is CCn1c2ccccc2c2cc(CC(=O)CN3CCC(Nc4c(C)cccc4CO)CC3)ccc21. The van der Waals surface area contributed by atoms with Gasteiger partial charge in [-0.15, -0.1) is 0 Å². The number of benzene rings is 3. The molecule has 3 aromatic carbocycles. The van der Waals surface area contributed by atoms with E-state index in [0.717, 1.165) is 54.9 Å². The Hall–Kier alpha value is -3.15. The molecular weight excluding hydrogens is 434 g/mol. The number of aliphatic hydroxyl groups is 1. The van der Waals surface area contributed by atoms with E-state index in [1.165, 1.54) is 21.8 Å². The number of aryl methyl sites for hydroxylation is 2. The molecule has 5 heteroatoms. The molecule has 35 heavy (non-hydrogen) atoms. The monoisotopic (exact) mass is 469 g/mol. The van der Waals surface area contributed by atoms with E-state index < -0.39 is 0 Å². The van der Waals surface area contributed by atoms with E-state index in [0.29, 0.717) is 19.0 Å². The Labute approximate surface area is 207 Å². The molecule has 0 amide bonds. The van der Waals surface area contributed by atoms with Crippen molar-refractivity contribution in [3.05, 3.63) is 77.4 Å². The van der Waals surface area contributed by atoms with Crippen LogP contribution < -0.4 is 5.32 Å². The summed E-state index contributed by atoms with van der Waals surface area (Å²) in [6, 6.07) is 21.4. The number of ketones is 1. The maximum absolute atomic E-state index is 13.0. The van der Waals surface area contributed by atoms with Gasteiger partial charge in [0.05, 0.1) is 13.2 Å². The van der Waals surface area contributed by atoms with Crippen molar-refractivity contribution in [2.75, 3.05) is 25.0 Å². The van der Waals surface area contributed by atoms with Crippen molar-refractivity contribution >= 4 is 33.3 Å². The summed E-state index contributed by atoms with van der Waals surface area (Å²) in [6.07, 6.45) is 2.47. The molecule has 1 fully saturated rings. The number of rotatable bonds is 8. The molecule has 0 atom stereocenters. The van der Waals surface area contributed by atoms with Gasteiger partial charge >= 0.3 is 0 Å². The van der Waals surface area contributed by atoms with Crippen molar-refractivity contribution in [1.29, 1.82) is 0 Å². The summed E-state index contributed by atoms with van der Waals surface area (Å²) in [4.78, 5) is 15.2. The van der Waals surface area contributed by atoms with E-state index in [1.807, 2.05) is 12.1 Å². The second kappa shape index (κ2) is 10.2. The number of hydrogen-bond acceptors (Lipinski definition) is 4. The second-order valence-corrected chi connectivity index (χ2v) is 9.79. The van der Waals surface area contributed by atoms with Crippen LogP contribution in [0.15, 0.2) is 60.7 Å². The summed E-state index contributed by atoms with van der Waals surface area (Å²) in [6.45, 7) is 7.55. The van der Waals surface area contributed by atoms with Crippen molar-refractivity contribution in [3.63, 3.8) is 0 Å². The number of nitrogens with one attached hydrogen (secondary N) is 1. The van der Waals surface area contributed by atoms with Gasteiger partial charge in [-0.2, -0.15) is 0 Å². The lowest BCUT2D eigenvalue weighted by atomic mass is 10.0. The fourth-order valence-electron chi connectivity index (χ4n) is 5.59. The standard InChI is InChI=1S/C30H35N3O2/c1-3-33-28-10-5-4-9-26(28)27-18-22(11-12-29(27)33)17-25(35)19-32-15-13-24(14-16-32)31-30-21(2)7-6-8-23(30)20-34/h4-12,18,24,31,34H,3,13-17,19-20H2,1-2H3. The molecule has 0 aliphatic carbocycles. The Balaban J connectivity index is 1.20. The zero-order valence-electron chi connectivity index (χ0n) is 20.8. The van der Waals surface area contributed by atoms with E-state index in [1.54, 1.807) is 0 Å². The lowest BCUT2D eigenvalue weighted by molar-refractivity contribution is -0.119. The summed E-state index contributed by atoms with van der Waals surface area (Å²) < 4.78 is 2.34. The average molecular weight is 470 g/mol. The molecule has 1 aliphatic heterocycles. The van der Waals surface area contributed by atoms with Gasteiger partial charge in [-0.3, -0.25) is 9.69 Å². The van der Waals surface area contributed by atoms with Gasteiger partial charge in [0.1, 0.15) is 0 Å². The molecule has 5 rings (SSSR count). The third kappa shape index (κ3) is 4.84. The highest BCUT2D eigenvalue weighted by Crippen LogP contribution is 2.30. The number of nitrogens with zero attached hydrogens (tertiary/aromatic N) is 2. The highest BCUT2D eigenvalue weighted by atomic mass is 16.3. The zero-order chi connectivity index (χ0) is 24.4. The molecule has 4 aromatic rings. The van der Waals surface area contributed by atoms with Crippen LogP contribution in [0.3, 0.4) is 0 Å². The van der Waals surface area contributed by atoms with Gasteiger partial charge in [-0.05, 0) is 56.0 Å². The molecule has 0 radical (unpaired) electrons. The van der Waals surface area contributed by atoms with Crippen molar-refractivity contribution in [1.82, 2.24) is 9.47 Å². The molecule has 5 nitrogen and oxygen atoms in total. The number of Topliss-reactive ketones (excluding diaryl/α,β-unsaturated/α-hetero) is 1. The van der Waals surface area contributed by atoms with Crippen LogP contribution >= 0.6 is 0 Å². The molecule has 0 saturated carbocycles. The van der Waals surface area contributed by atoms with E-state index in [9.17, 15) is 9.90 Å². The van der Waals surface area contributed by atoms with Crippen molar-refractivity contribution < 1.29 is 9.90 Å². The summed E-state index contributed by atoms with van der Waals surface area (Å²) in [7, 11) is 0. The number of aromatic nitrogens is 1. The number of para-hydroxylation sites is 2. The number of carbonyl (C=O) groups excluding carboxylic acids is 1. The molecule has 2 heterocycles. The minimum Gasteiger partial charge on any atom is -0.392 e. The van der Waals surface area contributed by atoms with Gasteiger partial charge < -0.3 is 15.0 Å². The summed E-state index contributed by atoms with van der Waals surface area (Å²) >= 11 is 0. The van der Waals surface area contributed by atoms with Gasteiger partial charge in [0, 0.05) is 65.2 Å². The van der Waals surface area contributed by atoms with Crippen LogP contribution in [0.5, 0.6) is 0 Å². The Morgan fingerprint density at radius 1 is 1.00 bits per heavy atom. The van der Waals surface area contributed by atoms with Crippen LogP contribution in [0.1, 0.15) is 36.5 Å². The maximum Gasteiger partial charge on any atom is 0.151 e. The van der Waals surface area contributed by atoms with E-state index in [4.69, 9.17) is 0 Å². The first-order chi connectivity index (χ1) is 17.1. The Morgan fingerprint density at radius 2 is 1.77 bits per heavy atom. The van der Waals surface area contributed by atoms with Crippen molar-refractivity contribution in [2.45, 2.75) is 52.3 Å². The molecule has 0 unspecified atom stereocenters. The number of carbonyl (C=O) groups is 1. The molecule has 1 aliphatic rings. The number of anilines is 1. The number of aliphatic hydroxyl groups excluding tert-OH is 1. The van der Waals surface area contributed by atoms with Crippen LogP contribution in [0.2, 0.25) is 0 Å². The first-order valence-corrected chi connectivity index (χ1v) is 12.8. The normalized spacial score (nSPS) is 15.2. The third-order valence-corrected chi connectivity index (χ3v) is 7.42. The Kier molecular flexibility index (Phi) is 6.89. The second-order valence-electron chi connectivity index (χ2n) is 9.79. The maximum atomic E-state index is 13.0. The van der Waals surface area contributed by atoms with Crippen LogP contribution in [0.4, 0.5) is 5.69 Å². The van der Waals surface area contributed by atoms with Crippen LogP contribution in [-0.4, -0.2) is 46.0 Å². The first-order valence-electron chi connectivity index (χ1n) is 12.8. The van der Waals surface area contributed by atoms with Crippen LogP contribution in [0, 0.1) is 6.92 Å². The predicted octanol–water partition coefficient (Wildman–Crippen LogP) is 5.30. The molecule has 2 N–H and O–H groups in total. The lowest BCUT2D eigenvalue weighted by Crippen LogP contribution is -2.42. The number of hydrogen-bond donors (Lipinski definition) is 2. The summed E-state index contributed by atoms with van der Waals surface area (Å²) in [5.74, 6) is 0.274. The van der Waals surface area contributed by atoms with E-state index >= 15 is 0 Å². The highest BCUT2D eigenvalue weighted by molar-refractivity contribution is 6.08. The zero-order valence-corrected chi connectivity index (χ0v) is 20.8. The smallest absolute Gasteiger partial charge is 0.151 e. The first kappa shape index (κ1) is 23.6. The number of piperidine rings is 1. The Morgan fingerprint density at radius 3 is 2.54 bits per heavy atom.